The highest BCUT2D eigenvalue weighted by Crippen LogP contribution is 2.34. The third-order valence-corrected chi connectivity index (χ3v) is 5.66. The number of methoxy groups -OCH3 is 1. The second-order valence-electron chi connectivity index (χ2n) is 7.90. The van der Waals surface area contributed by atoms with Crippen molar-refractivity contribution in [2.75, 3.05) is 12.4 Å². The lowest BCUT2D eigenvalue weighted by Gasteiger charge is -2.19. The van der Waals surface area contributed by atoms with E-state index in [4.69, 9.17) is 9.84 Å². The van der Waals surface area contributed by atoms with Crippen molar-refractivity contribution < 1.29 is 9.53 Å². The van der Waals surface area contributed by atoms with E-state index in [0.29, 0.717) is 23.7 Å². The van der Waals surface area contributed by atoms with E-state index in [9.17, 15) is 4.79 Å². The first-order valence-corrected chi connectivity index (χ1v) is 10.2. The summed E-state index contributed by atoms with van der Waals surface area (Å²) >= 11 is 0. The third-order valence-electron chi connectivity index (χ3n) is 5.66. The maximum Gasteiger partial charge on any atom is 0.168 e. The third kappa shape index (κ3) is 3.22. The highest BCUT2D eigenvalue weighted by molar-refractivity contribution is 6.03. The number of fused-ring (bicyclic) bond motifs is 2. The topological polar surface area (TPSA) is 56.1 Å². The molecule has 0 unspecified atom stereocenters. The van der Waals surface area contributed by atoms with Crippen molar-refractivity contribution >= 4 is 28.1 Å². The fraction of sp³-hybridized carbons (Fsp3) is 0.200. The van der Waals surface area contributed by atoms with Crippen LogP contribution in [0.15, 0.2) is 66.7 Å². The molecule has 0 radical (unpaired) electrons. The predicted molar refractivity (Wildman–Crippen MR) is 119 cm³/mol. The van der Waals surface area contributed by atoms with Crippen LogP contribution in [0.3, 0.4) is 0 Å². The summed E-state index contributed by atoms with van der Waals surface area (Å²) in [5.41, 5.74) is 3.51. The Hall–Kier alpha value is -3.60. The van der Waals surface area contributed by atoms with Gasteiger partial charge in [-0.3, -0.25) is 4.79 Å². The van der Waals surface area contributed by atoms with Crippen LogP contribution in [0.1, 0.15) is 29.4 Å². The Kier molecular flexibility index (Phi) is 4.51. The lowest BCUT2D eigenvalue weighted by atomic mass is 9.87. The van der Waals surface area contributed by atoms with Crippen LogP contribution in [-0.2, 0) is 6.42 Å². The Labute approximate surface area is 175 Å². The predicted octanol–water partition coefficient (Wildman–Crippen LogP) is 5.54. The molecule has 1 aliphatic carbocycles. The summed E-state index contributed by atoms with van der Waals surface area (Å²) in [5, 5.41) is 10.6. The van der Waals surface area contributed by atoms with Crippen LogP contribution in [-0.4, -0.2) is 22.7 Å². The van der Waals surface area contributed by atoms with Crippen LogP contribution >= 0.6 is 0 Å². The van der Waals surface area contributed by atoms with Crippen molar-refractivity contribution in [2.45, 2.75) is 19.8 Å². The van der Waals surface area contributed by atoms with Crippen LogP contribution in [0.25, 0.3) is 16.5 Å². The minimum atomic E-state index is 0.145. The lowest BCUT2D eigenvalue weighted by molar-refractivity contribution is 0.0953. The number of anilines is 2. The standard InChI is InChI=1S/C25H23N3O2/c1-16-13-22-24(23(29)14-16)25(27-28(22)20-9-11-21(30-2)12-10-20)26-19-8-7-17-5-3-4-6-18(17)15-19/h3-12,15-16H,13-14H2,1-2H3,(H,26,27)/t16-/m0/s1. The first-order valence-electron chi connectivity index (χ1n) is 10.2. The van der Waals surface area contributed by atoms with Gasteiger partial charge in [-0.25, -0.2) is 4.68 Å². The van der Waals surface area contributed by atoms with Crippen LogP contribution < -0.4 is 10.1 Å². The van der Waals surface area contributed by atoms with Gasteiger partial charge in [-0.05, 0) is 59.5 Å². The quantitative estimate of drug-likeness (QED) is 0.491. The normalized spacial score (nSPS) is 15.8. The van der Waals surface area contributed by atoms with Gasteiger partial charge in [0.1, 0.15) is 5.75 Å². The van der Waals surface area contributed by atoms with Crippen LogP contribution in [0.5, 0.6) is 5.75 Å². The second-order valence-corrected chi connectivity index (χ2v) is 7.90. The zero-order chi connectivity index (χ0) is 20.7. The number of nitrogens with zero attached hydrogens (tertiary/aromatic N) is 2. The molecule has 1 atom stereocenters. The van der Waals surface area contributed by atoms with Crippen molar-refractivity contribution in [3.05, 3.63) is 78.0 Å². The zero-order valence-electron chi connectivity index (χ0n) is 17.1. The average molecular weight is 397 g/mol. The number of Topliss-reactive ketones (excluding diaryl/α,β-unsaturated/α-hetero) is 1. The summed E-state index contributed by atoms with van der Waals surface area (Å²) in [6.07, 6.45) is 1.37. The van der Waals surface area contributed by atoms with E-state index in [1.807, 2.05) is 47.1 Å². The van der Waals surface area contributed by atoms with Gasteiger partial charge < -0.3 is 10.1 Å². The number of carbonyl (C=O) groups is 1. The zero-order valence-corrected chi connectivity index (χ0v) is 17.1. The van der Waals surface area contributed by atoms with E-state index < -0.39 is 0 Å². The number of benzene rings is 3. The van der Waals surface area contributed by atoms with Crippen molar-refractivity contribution in [1.29, 1.82) is 0 Å². The number of ketones is 1. The molecule has 0 bridgehead atoms. The van der Waals surface area contributed by atoms with Crippen molar-refractivity contribution in [3.63, 3.8) is 0 Å². The summed E-state index contributed by atoms with van der Waals surface area (Å²) in [5.74, 6) is 1.85. The van der Waals surface area contributed by atoms with Gasteiger partial charge in [0, 0.05) is 12.1 Å². The molecule has 0 aliphatic heterocycles. The van der Waals surface area contributed by atoms with E-state index in [1.165, 1.54) is 5.39 Å². The second kappa shape index (κ2) is 7.34. The average Bonchev–Trinajstić information content (AvgIpc) is 3.12. The summed E-state index contributed by atoms with van der Waals surface area (Å²) in [6, 6.07) is 22.2. The summed E-state index contributed by atoms with van der Waals surface area (Å²) in [4.78, 5) is 13.0. The molecule has 0 fully saturated rings. The van der Waals surface area contributed by atoms with Gasteiger partial charge in [-0.1, -0.05) is 37.3 Å². The van der Waals surface area contributed by atoms with Gasteiger partial charge in [-0.2, -0.15) is 0 Å². The number of aromatic nitrogens is 2. The molecule has 1 aliphatic rings. The summed E-state index contributed by atoms with van der Waals surface area (Å²) in [7, 11) is 1.65. The number of nitrogens with one attached hydrogen (secondary N) is 1. The highest BCUT2D eigenvalue weighted by atomic mass is 16.5. The number of rotatable bonds is 4. The molecule has 1 heterocycles. The number of ether oxygens (including phenoxy) is 1. The fourth-order valence-corrected chi connectivity index (χ4v) is 4.18. The minimum absolute atomic E-state index is 0.145. The maximum atomic E-state index is 13.0. The lowest BCUT2D eigenvalue weighted by Crippen LogP contribution is -2.19. The Balaban J connectivity index is 1.59. The molecule has 30 heavy (non-hydrogen) atoms. The van der Waals surface area contributed by atoms with E-state index in [1.54, 1.807) is 7.11 Å². The Bertz CT molecular complexity index is 1240. The molecule has 0 spiro atoms. The van der Waals surface area contributed by atoms with Crippen molar-refractivity contribution in [3.8, 4) is 11.4 Å². The molecule has 1 N–H and O–H groups in total. The van der Waals surface area contributed by atoms with Gasteiger partial charge >= 0.3 is 0 Å². The first-order chi connectivity index (χ1) is 14.6. The molecule has 0 saturated carbocycles. The molecule has 5 nitrogen and oxygen atoms in total. The monoisotopic (exact) mass is 397 g/mol. The molecule has 0 saturated heterocycles. The van der Waals surface area contributed by atoms with E-state index in [-0.39, 0.29) is 5.78 Å². The van der Waals surface area contributed by atoms with Crippen molar-refractivity contribution in [1.82, 2.24) is 9.78 Å². The molecule has 5 heteroatoms. The van der Waals surface area contributed by atoms with Gasteiger partial charge in [0.05, 0.1) is 24.1 Å². The van der Waals surface area contributed by atoms with Crippen LogP contribution in [0.4, 0.5) is 11.5 Å². The summed E-state index contributed by atoms with van der Waals surface area (Å²) in [6.45, 7) is 2.11. The van der Waals surface area contributed by atoms with Gasteiger partial charge in [-0.15, -0.1) is 5.10 Å². The van der Waals surface area contributed by atoms with Gasteiger partial charge in [0.25, 0.3) is 0 Å². The highest BCUT2D eigenvalue weighted by Gasteiger charge is 2.31. The van der Waals surface area contributed by atoms with E-state index in [0.717, 1.165) is 34.6 Å². The first kappa shape index (κ1) is 18.4. The Morgan fingerprint density at radius 1 is 1.00 bits per heavy atom. The fourth-order valence-electron chi connectivity index (χ4n) is 4.18. The molecule has 1 aromatic heterocycles. The molecule has 5 rings (SSSR count). The molecular weight excluding hydrogens is 374 g/mol. The van der Waals surface area contributed by atoms with E-state index >= 15 is 0 Å². The molecule has 0 amide bonds. The Morgan fingerprint density at radius 3 is 2.53 bits per heavy atom. The van der Waals surface area contributed by atoms with Crippen LogP contribution in [0.2, 0.25) is 0 Å². The van der Waals surface area contributed by atoms with Crippen molar-refractivity contribution in [2.24, 2.45) is 5.92 Å². The molecule has 4 aromatic rings. The van der Waals surface area contributed by atoms with Gasteiger partial charge in [0.15, 0.2) is 11.6 Å². The maximum absolute atomic E-state index is 13.0. The largest absolute Gasteiger partial charge is 0.497 e. The van der Waals surface area contributed by atoms with Gasteiger partial charge in [0.2, 0.25) is 0 Å². The van der Waals surface area contributed by atoms with E-state index in [2.05, 4.69) is 36.5 Å². The summed E-state index contributed by atoms with van der Waals surface area (Å²) < 4.78 is 7.17. The minimum Gasteiger partial charge on any atom is -0.497 e. The number of hydrogen-bond acceptors (Lipinski definition) is 4. The molecule has 150 valence electrons. The smallest absolute Gasteiger partial charge is 0.168 e. The SMILES string of the molecule is COc1ccc(-n2nc(Nc3ccc4ccccc4c3)c3c2C[C@H](C)CC3=O)cc1. The number of hydrogen-bond donors (Lipinski definition) is 1. The Morgan fingerprint density at radius 2 is 1.77 bits per heavy atom. The van der Waals surface area contributed by atoms with Crippen LogP contribution in [0, 0.1) is 5.92 Å². The molecular formula is C25H23N3O2. The number of carbonyl (C=O) groups excluding carboxylic acids is 1. The molecule has 3 aromatic carbocycles.